The van der Waals surface area contributed by atoms with E-state index in [1.165, 1.54) is 26.4 Å². The van der Waals surface area contributed by atoms with Gasteiger partial charge in [0.2, 0.25) is 0 Å². The van der Waals surface area contributed by atoms with Crippen molar-refractivity contribution in [3.63, 3.8) is 0 Å². The molecule has 0 saturated carbocycles. The second-order valence-electron chi connectivity index (χ2n) is 4.07. The number of rotatable bonds is 7. The van der Waals surface area contributed by atoms with Crippen molar-refractivity contribution in [2.45, 2.75) is 6.54 Å². The number of nitro benzene ring substituents is 1. The van der Waals surface area contributed by atoms with Crippen LogP contribution >= 0.6 is 0 Å². The summed E-state index contributed by atoms with van der Waals surface area (Å²) in [6.07, 6.45) is 3.28. The Morgan fingerprint density at radius 3 is 2.62 bits per heavy atom. The van der Waals surface area contributed by atoms with Crippen molar-refractivity contribution in [1.82, 2.24) is 15.0 Å². The van der Waals surface area contributed by atoms with E-state index in [0.717, 1.165) is 0 Å². The van der Waals surface area contributed by atoms with Gasteiger partial charge in [0, 0.05) is 18.8 Å². The summed E-state index contributed by atoms with van der Waals surface area (Å²) < 4.78 is 11.8. The molecule has 0 spiro atoms. The summed E-state index contributed by atoms with van der Waals surface area (Å²) in [7, 11) is 2.91. The molecule has 0 amide bonds. The van der Waals surface area contributed by atoms with Crippen molar-refractivity contribution in [2.24, 2.45) is 0 Å². The van der Waals surface area contributed by atoms with Crippen LogP contribution in [-0.4, -0.2) is 40.7 Å². The largest absolute Gasteiger partial charge is 0.493 e. The maximum absolute atomic E-state index is 11.1. The van der Waals surface area contributed by atoms with Gasteiger partial charge in [-0.05, 0) is 0 Å². The van der Waals surface area contributed by atoms with E-state index in [1.807, 2.05) is 0 Å². The van der Waals surface area contributed by atoms with Crippen LogP contribution in [0.15, 0.2) is 24.5 Å². The number of aromatic nitrogens is 3. The van der Waals surface area contributed by atoms with Crippen molar-refractivity contribution in [2.75, 3.05) is 26.1 Å². The first-order valence-corrected chi connectivity index (χ1v) is 6.14. The Labute approximate surface area is 120 Å². The van der Waals surface area contributed by atoms with Crippen molar-refractivity contribution >= 4 is 11.4 Å². The van der Waals surface area contributed by atoms with Crippen LogP contribution in [0.5, 0.6) is 11.5 Å². The highest BCUT2D eigenvalue weighted by molar-refractivity contribution is 5.68. The molecule has 0 aliphatic carbocycles. The predicted octanol–water partition coefficient (Wildman–Crippen LogP) is 1.32. The summed E-state index contributed by atoms with van der Waals surface area (Å²) in [5, 5.41) is 21.6. The van der Waals surface area contributed by atoms with E-state index in [2.05, 4.69) is 15.6 Å². The van der Waals surface area contributed by atoms with E-state index >= 15 is 0 Å². The molecule has 0 unspecified atom stereocenters. The second-order valence-corrected chi connectivity index (χ2v) is 4.07. The Bertz CT molecular complexity index is 614. The fourth-order valence-corrected chi connectivity index (χ4v) is 1.82. The molecule has 0 saturated heterocycles. The lowest BCUT2D eigenvalue weighted by Crippen LogP contribution is -2.12. The molecule has 0 atom stereocenters. The van der Waals surface area contributed by atoms with Crippen LogP contribution in [0.2, 0.25) is 0 Å². The molecule has 1 N–H and O–H groups in total. The van der Waals surface area contributed by atoms with E-state index in [1.54, 1.807) is 17.1 Å². The molecular weight excluding hydrogens is 278 g/mol. The predicted molar refractivity (Wildman–Crippen MR) is 74.7 cm³/mol. The molecule has 9 nitrogen and oxygen atoms in total. The van der Waals surface area contributed by atoms with Crippen LogP contribution in [0.4, 0.5) is 11.4 Å². The van der Waals surface area contributed by atoms with Crippen molar-refractivity contribution in [1.29, 1.82) is 0 Å². The lowest BCUT2D eigenvalue weighted by molar-refractivity contribution is -0.384. The molecule has 0 aliphatic heterocycles. The maximum atomic E-state index is 11.1. The first-order chi connectivity index (χ1) is 10.2. The molecule has 1 heterocycles. The monoisotopic (exact) mass is 293 g/mol. The first-order valence-electron chi connectivity index (χ1n) is 6.14. The van der Waals surface area contributed by atoms with Gasteiger partial charge in [-0.15, -0.1) is 5.10 Å². The summed E-state index contributed by atoms with van der Waals surface area (Å²) in [4.78, 5) is 10.7. The molecule has 1 aromatic carbocycles. The zero-order chi connectivity index (χ0) is 15.2. The van der Waals surface area contributed by atoms with E-state index in [9.17, 15) is 10.1 Å². The van der Waals surface area contributed by atoms with Gasteiger partial charge in [0.25, 0.3) is 5.69 Å². The number of nitrogens with one attached hydrogen (secondary N) is 1. The van der Waals surface area contributed by atoms with Crippen LogP contribution in [-0.2, 0) is 6.54 Å². The van der Waals surface area contributed by atoms with E-state index in [0.29, 0.717) is 30.3 Å². The fraction of sp³-hybridized carbons (Fsp3) is 0.333. The highest BCUT2D eigenvalue weighted by atomic mass is 16.6. The number of hydrogen-bond donors (Lipinski definition) is 1. The number of methoxy groups -OCH3 is 2. The Hall–Kier alpha value is -2.84. The van der Waals surface area contributed by atoms with Gasteiger partial charge in [-0.25, -0.2) is 0 Å². The van der Waals surface area contributed by atoms with Crippen molar-refractivity contribution < 1.29 is 14.4 Å². The molecule has 9 heteroatoms. The smallest absolute Gasteiger partial charge is 0.296 e. The lowest BCUT2D eigenvalue weighted by Gasteiger charge is -2.12. The first kappa shape index (κ1) is 14.6. The van der Waals surface area contributed by atoms with E-state index in [4.69, 9.17) is 9.47 Å². The average Bonchev–Trinajstić information content (AvgIpc) is 2.99. The number of benzene rings is 1. The lowest BCUT2D eigenvalue weighted by atomic mass is 10.2. The van der Waals surface area contributed by atoms with Crippen LogP contribution in [0, 0.1) is 10.1 Å². The number of nitrogens with zero attached hydrogens (tertiary/aromatic N) is 4. The van der Waals surface area contributed by atoms with Gasteiger partial charge < -0.3 is 14.8 Å². The zero-order valence-corrected chi connectivity index (χ0v) is 11.6. The van der Waals surface area contributed by atoms with E-state index < -0.39 is 4.92 Å². The van der Waals surface area contributed by atoms with Crippen LogP contribution < -0.4 is 14.8 Å². The minimum absolute atomic E-state index is 0.0776. The van der Waals surface area contributed by atoms with Gasteiger partial charge in [-0.3, -0.25) is 14.8 Å². The number of anilines is 1. The van der Waals surface area contributed by atoms with Gasteiger partial charge in [-0.2, -0.15) is 0 Å². The third kappa shape index (κ3) is 3.38. The molecule has 2 rings (SSSR count). The second kappa shape index (κ2) is 6.55. The molecule has 0 aliphatic rings. The summed E-state index contributed by atoms with van der Waals surface area (Å²) in [6.45, 7) is 0.991. The molecule has 0 fully saturated rings. The molecular formula is C12H15N5O4. The van der Waals surface area contributed by atoms with Gasteiger partial charge in [0.15, 0.2) is 11.5 Å². The quantitative estimate of drug-likeness (QED) is 0.606. The van der Waals surface area contributed by atoms with Crippen LogP contribution in [0.3, 0.4) is 0 Å². The van der Waals surface area contributed by atoms with Gasteiger partial charge in [-0.1, -0.05) is 5.21 Å². The normalized spacial score (nSPS) is 10.2. The molecule has 112 valence electrons. The van der Waals surface area contributed by atoms with Crippen LogP contribution in [0.1, 0.15) is 0 Å². The fourth-order valence-electron chi connectivity index (χ4n) is 1.82. The highest BCUT2D eigenvalue weighted by Gasteiger charge is 2.19. The molecule has 0 bridgehead atoms. The molecule has 0 radical (unpaired) electrons. The van der Waals surface area contributed by atoms with E-state index in [-0.39, 0.29) is 5.69 Å². The van der Waals surface area contributed by atoms with Gasteiger partial charge in [0.05, 0.1) is 38.0 Å². The summed E-state index contributed by atoms with van der Waals surface area (Å²) >= 11 is 0. The average molecular weight is 293 g/mol. The Balaban J connectivity index is 2.17. The minimum Gasteiger partial charge on any atom is -0.493 e. The van der Waals surface area contributed by atoms with Crippen molar-refractivity contribution in [3.05, 3.63) is 34.6 Å². The van der Waals surface area contributed by atoms with Crippen LogP contribution in [0.25, 0.3) is 0 Å². The van der Waals surface area contributed by atoms with Gasteiger partial charge in [0.1, 0.15) is 5.69 Å². The number of nitro groups is 1. The Kier molecular flexibility index (Phi) is 4.54. The summed E-state index contributed by atoms with van der Waals surface area (Å²) in [5.74, 6) is 0.734. The summed E-state index contributed by atoms with van der Waals surface area (Å²) in [6, 6.07) is 2.87. The van der Waals surface area contributed by atoms with Gasteiger partial charge >= 0.3 is 0 Å². The zero-order valence-electron chi connectivity index (χ0n) is 11.6. The minimum atomic E-state index is -0.472. The third-order valence-corrected chi connectivity index (χ3v) is 2.83. The Morgan fingerprint density at radius 2 is 2.05 bits per heavy atom. The topological polar surface area (TPSA) is 104 Å². The Morgan fingerprint density at radius 1 is 1.33 bits per heavy atom. The third-order valence-electron chi connectivity index (χ3n) is 2.83. The number of ether oxygens (including phenoxy) is 2. The number of hydrogen-bond acceptors (Lipinski definition) is 7. The molecule has 2 aromatic rings. The standard InChI is InChI=1S/C12H15N5O4/c1-20-11-7-9(10(17(18)19)8-12(11)21-2)13-3-5-16-6-4-14-15-16/h4,6-8,13H,3,5H2,1-2H3. The maximum Gasteiger partial charge on any atom is 0.296 e. The van der Waals surface area contributed by atoms with Crippen molar-refractivity contribution in [3.8, 4) is 11.5 Å². The highest BCUT2D eigenvalue weighted by Crippen LogP contribution is 2.37. The summed E-state index contributed by atoms with van der Waals surface area (Å²) in [5.41, 5.74) is 0.281. The molecule has 1 aromatic heterocycles. The SMILES string of the molecule is COc1cc(NCCn2ccnn2)c([N+](=O)[O-])cc1OC. The molecule has 21 heavy (non-hydrogen) atoms.